The van der Waals surface area contributed by atoms with Crippen LogP contribution in [0.15, 0.2) is 22.6 Å². The number of halogens is 1. The molecule has 1 amide bonds. The molecule has 0 radical (unpaired) electrons. The van der Waals surface area contributed by atoms with Crippen LogP contribution in [0.25, 0.3) is 11.1 Å². The number of nitrogens with zero attached hydrogens (tertiary/aromatic N) is 2. The van der Waals surface area contributed by atoms with Crippen molar-refractivity contribution in [3.8, 4) is 0 Å². The van der Waals surface area contributed by atoms with E-state index in [-0.39, 0.29) is 5.24 Å². The topological polar surface area (TPSA) is 46.3 Å². The fraction of sp³-hybridized carbons (Fsp3) is 0.273. The lowest BCUT2D eigenvalue weighted by Gasteiger charge is -2.07. The van der Waals surface area contributed by atoms with Gasteiger partial charge >= 0.3 is 0 Å². The van der Waals surface area contributed by atoms with Gasteiger partial charge in [0.25, 0.3) is 5.24 Å². The molecule has 2 rings (SSSR count). The number of benzene rings is 1. The van der Waals surface area contributed by atoms with E-state index < -0.39 is 0 Å². The van der Waals surface area contributed by atoms with Crippen molar-refractivity contribution in [1.82, 2.24) is 9.88 Å². The van der Waals surface area contributed by atoms with E-state index in [1.165, 1.54) is 4.90 Å². The van der Waals surface area contributed by atoms with Crippen LogP contribution in [0.2, 0.25) is 5.02 Å². The maximum Gasteiger partial charge on any atom is 0.281 e. The van der Waals surface area contributed by atoms with Crippen LogP contribution in [0.1, 0.15) is 5.89 Å². The highest BCUT2D eigenvalue weighted by molar-refractivity contribution is 8.12. The second-order valence-electron chi connectivity index (χ2n) is 3.67. The van der Waals surface area contributed by atoms with E-state index in [4.69, 9.17) is 16.0 Å². The molecule has 0 N–H and O–H groups in total. The number of fused-ring (bicyclic) bond motifs is 1. The van der Waals surface area contributed by atoms with E-state index in [1.54, 1.807) is 32.3 Å². The van der Waals surface area contributed by atoms with Gasteiger partial charge in [0.2, 0.25) is 5.89 Å². The molecule has 4 nitrogen and oxygen atoms in total. The van der Waals surface area contributed by atoms with Crippen LogP contribution in [-0.4, -0.2) is 29.2 Å². The van der Waals surface area contributed by atoms with E-state index >= 15 is 0 Å². The van der Waals surface area contributed by atoms with Crippen LogP contribution in [0.5, 0.6) is 0 Å². The Balaban J connectivity index is 2.12. The summed E-state index contributed by atoms with van der Waals surface area (Å²) in [6, 6.07) is 5.27. The van der Waals surface area contributed by atoms with Gasteiger partial charge in [-0.15, -0.1) is 0 Å². The lowest BCUT2D eigenvalue weighted by atomic mass is 10.3. The van der Waals surface area contributed by atoms with Gasteiger partial charge in [-0.3, -0.25) is 4.79 Å². The zero-order valence-corrected chi connectivity index (χ0v) is 11.0. The Morgan fingerprint density at radius 3 is 3.00 bits per heavy atom. The third-order valence-electron chi connectivity index (χ3n) is 2.08. The molecule has 0 aliphatic rings. The Bertz CT molecular complexity index is 553. The third kappa shape index (κ3) is 2.92. The van der Waals surface area contributed by atoms with E-state index in [9.17, 15) is 4.79 Å². The third-order valence-corrected chi connectivity index (χ3v) is 3.32. The lowest BCUT2D eigenvalue weighted by Crippen LogP contribution is -2.16. The summed E-state index contributed by atoms with van der Waals surface area (Å²) in [5.74, 6) is 0.950. The molecule has 0 bridgehead atoms. The van der Waals surface area contributed by atoms with Crippen LogP contribution in [0.3, 0.4) is 0 Å². The van der Waals surface area contributed by atoms with Crippen molar-refractivity contribution in [2.45, 2.75) is 5.75 Å². The van der Waals surface area contributed by atoms with E-state index in [1.807, 2.05) is 0 Å². The highest BCUT2D eigenvalue weighted by Gasteiger charge is 2.10. The second kappa shape index (κ2) is 4.98. The molecule has 1 heterocycles. The molecule has 0 saturated carbocycles. The van der Waals surface area contributed by atoms with Crippen molar-refractivity contribution in [3.05, 3.63) is 29.1 Å². The SMILES string of the molecule is CN(C)C(=O)SCc1nc2ccc(Cl)cc2o1. The van der Waals surface area contributed by atoms with E-state index in [0.29, 0.717) is 22.2 Å². The maximum atomic E-state index is 11.4. The molecule has 90 valence electrons. The monoisotopic (exact) mass is 270 g/mol. The number of oxazole rings is 1. The van der Waals surface area contributed by atoms with Gasteiger partial charge in [-0.05, 0) is 12.1 Å². The molecular weight excluding hydrogens is 260 g/mol. The quantitative estimate of drug-likeness (QED) is 0.839. The Labute approximate surface area is 108 Å². The minimum absolute atomic E-state index is 0.0229. The Morgan fingerprint density at radius 1 is 1.53 bits per heavy atom. The number of carbonyl (C=O) groups is 1. The van der Waals surface area contributed by atoms with E-state index in [0.717, 1.165) is 17.3 Å². The molecule has 2 aromatic rings. The number of hydrogen-bond acceptors (Lipinski definition) is 4. The average Bonchev–Trinajstić information content (AvgIpc) is 2.67. The van der Waals surface area contributed by atoms with Gasteiger partial charge in [0.15, 0.2) is 5.58 Å². The van der Waals surface area contributed by atoms with Crippen molar-refractivity contribution in [2.24, 2.45) is 0 Å². The number of rotatable bonds is 2. The Kier molecular flexibility index (Phi) is 3.59. The van der Waals surface area contributed by atoms with Gasteiger partial charge in [-0.2, -0.15) is 0 Å². The summed E-state index contributed by atoms with van der Waals surface area (Å²) in [6.07, 6.45) is 0. The maximum absolute atomic E-state index is 11.4. The van der Waals surface area contributed by atoms with Crippen LogP contribution in [0, 0.1) is 0 Å². The first kappa shape index (κ1) is 12.3. The largest absolute Gasteiger partial charge is 0.440 e. The molecule has 0 unspecified atom stereocenters. The molecule has 0 atom stereocenters. The van der Waals surface area contributed by atoms with Crippen molar-refractivity contribution >= 4 is 39.7 Å². The average molecular weight is 271 g/mol. The number of amides is 1. The van der Waals surface area contributed by atoms with Crippen LogP contribution in [0.4, 0.5) is 4.79 Å². The first-order valence-electron chi connectivity index (χ1n) is 4.95. The highest BCUT2D eigenvalue weighted by atomic mass is 35.5. The van der Waals surface area contributed by atoms with Crippen molar-refractivity contribution in [3.63, 3.8) is 0 Å². The summed E-state index contributed by atoms with van der Waals surface area (Å²) in [4.78, 5) is 17.2. The molecule has 0 spiro atoms. The highest BCUT2D eigenvalue weighted by Crippen LogP contribution is 2.22. The fourth-order valence-electron chi connectivity index (χ4n) is 1.26. The summed E-state index contributed by atoms with van der Waals surface area (Å²) >= 11 is 7.00. The molecule has 1 aromatic carbocycles. The summed E-state index contributed by atoms with van der Waals surface area (Å²) in [5, 5.41) is 0.586. The second-order valence-corrected chi connectivity index (χ2v) is 5.03. The predicted molar refractivity (Wildman–Crippen MR) is 69.4 cm³/mol. The zero-order chi connectivity index (χ0) is 12.4. The van der Waals surface area contributed by atoms with Gasteiger partial charge in [0, 0.05) is 25.2 Å². The Morgan fingerprint density at radius 2 is 2.29 bits per heavy atom. The van der Waals surface area contributed by atoms with Crippen molar-refractivity contribution in [2.75, 3.05) is 14.1 Å². The lowest BCUT2D eigenvalue weighted by molar-refractivity contribution is 0.241. The van der Waals surface area contributed by atoms with Gasteiger partial charge in [-0.1, -0.05) is 23.4 Å². The minimum atomic E-state index is -0.0229. The number of hydrogen-bond donors (Lipinski definition) is 0. The summed E-state index contributed by atoms with van der Waals surface area (Å²) in [5.41, 5.74) is 1.40. The summed E-state index contributed by atoms with van der Waals surface area (Å²) < 4.78 is 5.49. The van der Waals surface area contributed by atoms with Gasteiger partial charge in [0.05, 0.1) is 5.75 Å². The zero-order valence-electron chi connectivity index (χ0n) is 9.44. The molecular formula is C11H11ClN2O2S. The molecule has 0 saturated heterocycles. The first-order valence-corrected chi connectivity index (χ1v) is 6.31. The molecule has 6 heteroatoms. The molecule has 0 aliphatic carbocycles. The molecule has 0 aliphatic heterocycles. The number of thioether (sulfide) groups is 1. The van der Waals surface area contributed by atoms with Gasteiger partial charge in [-0.25, -0.2) is 4.98 Å². The molecule has 0 fully saturated rings. The molecule has 17 heavy (non-hydrogen) atoms. The van der Waals surface area contributed by atoms with Crippen LogP contribution in [-0.2, 0) is 5.75 Å². The number of carbonyl (C=O) groups excluding carboxylic acids is 1. The Hall–Kier alpha value is -1.20. The summed E-state index contributed by atoms with van der Waals surface area (Å²) in [7, 11) is 3.42. The minimum Gasteiger partial charge on any atom is -0.440 e. The van der Waals surface area contributed by atoms with Crippen molar-refractivity contribution < 1.29 is 9.21 Å². The molecule has 1 aromatic heterocycles. The van der Waals surface area contributed by atoms with Gasteiger partial charge < -0.3 is 9.32 Å². The predicted octanol–water partition coefficient (Wildman–Crippen LogP) is 3.40. The standard InChI is InChI=1S/C11H11ClN2O2S/c1-14(2)11(15)17-6-10-13-8-4-3-7(12)5-9(8)16-10/h3-5H,6H2,1-2H3. The summed E-state index contributed by atoms with van der Waals surface area (Å²) in [6.45, 7) is 0. The van der Waals surface area contributed by atoms with E-state index in [2.05, 4.69) is 4.98 Å². The van der Waals surface area contributed by atoms with Crippen LogP contribution < -0.4 is 0 Å². The fourth-order valence-corrected chi connectivity index (χ4v) is 2.05. The smallest absolute Gasteiger partial charge is 0.281 e. The van der Waals surface area contributed by atoms with Crippen LogP contribution >= 0.6 is 23.4 Å². The van der Waals surface area contributed by atoms with Crippen molar-refractivity contribution in [1.29, 1.82) is 0 Å². The number of aromatic nitrogens is 1. The first-order chi connectivity index (χ1) is 8.06. The van der Waals surface area contributed by atoms with Gasteiger partial charge in [0.1, 0.15) is 5.52 Å². The normalized spacial score (nSPS) is 10.8.